The van der Waals surface area contributed by atoms with Crippen LogP contribution in [-0.2, 0) is 0 Å². The molecule has 2 rings (SSSR count). The summed E-state index contributed by atoms with van der Waals surface area (Å²) < 4.78 is 15.9. The van der Waals surface area contributed by atoms with Crippen LogP contribution in [0.2, 0.25) is 0 Å². The van der Waals surface area contributed by atoms with Gasteiger partial charge in [0.25, 0.3) is 0 Å². The molecule has 0 spiro atoms. The fourth-order valence-electron chi connectivity index (χ4n) is 1.80. The number of hydrogen-bond acceptors (Lipinski definition) is 6. The molecule has 0 atom stereocenters. The molecular weight excluding hydrogens is 258 g/mol. The van der Waals surface area contributed by atoms with Gasteiger partial charge in [-0.15, -0.1) is 0 Å². The molecule has 20 heavy (non-hydrogen) atoms. The van der Waals surface area contributed by atoms with Crippen molar-refractivity contribution in [3.8, 4) is 17.2 Å². The molecule has 0 fully saturated rings. The Hall–Kier alpha value is -2.63. The van der Waals surface area contributed by atoms with E-state index in [0.29, 0.717) is 23.1 Å². The molecule has 2 aromatic rings. The molecule has 0 saturated heterocycles. The molecule has 1 aromatic heterocycles. The number of ether oxygens (including phenoxy) is 3. The molecule has 0 radical (unpaired) electrons. The Balaban J connectivity index is 2.34. The minimum Gasteiger partial charge on any atom is -0.493 e. The Morgan fingerprint density at radius 2 is 1.60 bits per heavy atom. The van der Waals surface area contributed by atoms with E-state index in [-0.39, 0.29) is 0 Å². The molecule has 0 aliphatic rings. The van der Waals surface area contributed by atoms with Crippen molar-refractivity contribution in [2.75, 3.05) is 32.4 Å². The number of aromatic nitrogens is 1. The highest BCUT2D eigenvalue weighted by Gasteiger charge is 2.13. The second-order valence-electron chi connectivity index (χ2n) is 4.01. The van der Waals surface area contributed by atoms with Crippen molar-refractivity contribution in [1.82, 2.24) is 4.98 Å². The number of anilines is 3. The predicted molar refractivity (Wildman–Crippen MR) is 78.0 cm³/mol. The van der Waals surface area contributed by atoms with Gasteiger partial charge in [0.1, 0.15) is 5.82 Å². The molecule has 3 N–H and O–H groups in total. The average Bonchev–Trinajstić information content (AvgIpc) is 2.48. The van der Waals surface area contributed by atoms with E-state index in [4.69, 9.17) is 19.9 Å². The molecule has 1 aromatic carbocycles. The van der Waals surface area contributed by atoms with Gasteiger partial charge in [-0.1, -0.05) is 0 Å². The fraction of sp³-hybridized carbons (Fsp3) is 0.214. The third kappa shape index (κ3) is 2.85. The first kappa shape index (κ1) is 13.8. The van der Waals surface area contributed by atoms with Gasteiger partial charge in [-0.25, -0.2) is 4.98 Å². The van der Waals surface area contributed by atoms with E-state index < -0.39 is 0 Å². The minimum atomic E-state index is 0.473. The van der Waals surface area contributed by atoms with Crippen molar-refractivity contribution >= 4 is 17.2 Å². The molecule has 0 aliphatic heterocycles. The molecule has 6 nitrogen and oxygen atoms in total. The number of methoxy groups -OCH3 is 3. The van der Waals surface area contributed by atoms with Crippen LogP contribution in [0.1, 0.15) is 0 Å². The first-order chi connectivity index (χ1) is 9.67. The quantitative estimate of drug-likeness (QED) is 0.872. The highest BCUT2D eigenvalue weighted by atomic mass is 16.5. The van der Waals surface area contributed by atoms with Crippen molar-refractivity contribution < 1.29 is 14.2 Å². The van der Waals surface area contributed by atoms with Gasteiger partial charge in [-0.2, -0.15) is 0 Å². The predicted octanol–water partition coefficient (Wildman–Crippen LogP) is 2.43. The lowest BCUT2D eigenvalue weighted by molar-refractivity contribution is 0.324. The SMILES string of the molecule is COc1cc(Nc2ccc(N)nc2)cc(OC)c1OC. The summed E-state index contributed by atoms with van der Waals surface area (Å²) in [6, 6.07) is 7.20. The third-order valence-electron chi connectivity index (χ3n) is 2.74. The lowest BCUT2D eigenvalue weighted by Crippen LogP contribution is -1.98. The molecule has 6 heteroatoms. The minimum absolute atomic E-state index is 0.473. The first-order valence-corrected chi connectivity index (χ1v) is 5.96. The van der Waals surface area contributed by atoms with Gasteiger partial charge in [0.2, 0.25) is 5.75 Å². The van der Waals surface area contributed by atoms with Crippen molar-refractivity contribution in [1.29, 1.82) is 0 Å². The summed E-state index contributed by atoms with van der Waals surface area (Å²) in [5, 5.41) is 3.20. The van der Waals surface area contributed by atoms with E-state index in [1.165, 1.54) is 0 Å². The number of nitrogens with one attached hydrogen (secondary N) is 1. The van der Waals surface area contributed by atoms with Gasteiger partial charge >= 0.3 is 0 Å². The second kappa shape index (κ2) is 6.01. The lowest BCUT2D eigenvalue weighted by atomic mass is 10.2. The van der Waals surface area contributed by atoms with Crippen LogP contribution in [-0.4, -0.2) is 26.3 Å². The Labute approximate surface area is 117 Å². The van der Waals surface area contributed by atoms with Crippen LogP contribution in [0.3, 0.4) is 0 Å². The summed E-state index contributed by atoms with van der Waals surface area (Å²) in [6.07, 6.45) is 1.65. The maximum absolute atomic E-state index is 5.55. The van der Waals surface area contributed by atoms with Gasteiger partial charge in [-0.05, 0) is 12.1 Å². The smallest absolute Gasteiger partial charge is 0.203 e. The largest absolute Gasteiger partial charge is 0.493 e. The summed E-state index contributed by atoms with van der Waals surface area (Å²) in [6.45, 7) is 0. The van der Waals surface area contributed by atoms with Crippen LogP contribution in [0, 0.1) is 0 Å². The topological polar surface area (TPSA) is 78.6 Å². The molecule has 0 unspecified atom stereocenters. The molecule has 0 amide bonds. The normalized spacial score (nSPS) is 9.95. The zero-order valence-electron chi connectivity index (χ0n) is 11.6. The van der Waals surface area contributed by atoms with Gasteiger partial charge < -0.3 is 25.3 Å². The van der Waals surface area contributed by atoms with E-state index in [2.05, 4.69) is 10.3 Å². The highest BCUT2D eigenvalue weighted by Crippen LogP contribution is 2.40. The Morgan fingerprint density at radius 1 is 0.950 bits per heavy atom. The number of rotatable bonds is 5. The first-order valence-electron chi connectivity index (χ1n) is 5.96. The summed E-state index contributed by atoms with van der Waals surface area (Å²) in [5.74, 6) is 2.19. The Bertz CT molecular complexity index is 560. The number of hydrogen-bond donors (Lipinski definition) is 2. The van der Waals surface area contributed by atoms with E-state index >= 15 is 0 Å². The van der Waals surface area contributed by atoms with Gasteiger partial charge in [0.05, 0.1) is 33.2 Å². The van der Waals surface area contributed by atoms with Gasteiger partial charge in [-0.3, -0.25) is 0 Å². The van der Waals surface area contributed by atoms with Crippen LogP contribution >= 0.6 is 0 Å². The molecule has 0 saturated carbocycles. The van der Waals surface area contributed by atoms with Crippen LogP contribution in [0.4, 0.5) is 17.2 Å². The summed E-state index contributed by atoms with van der Waals surface area (Å²) >= 11 is 0. The zero-order chi connectivity index (χ0) is 14.5. The number of pyridine rings is 1. The van der Waals surface area contributed by atoms with Crippen molar-refractivity contribution in [2.24, 2.45) is 0 Å². The monoisotopic (exact) mass is 275 g/mol. The van der Waals surface area contributed by atoms with Crippen LogP contribution < -0.4 is 25.3 Å². The molecule has 106 valence electrons. The number of nitrogens with zero attached hydrogens (tertiary/aromatic N) is 1. The van der Waals surface area contributed by atoms with Gasteiger partial charge in [0, 0.05) is 17.8 Å². The maximum atomic E-state index is 5.55. The van der Waals surface area contributed by atoms with Crippen LogP contribution in [0.5, 0.6) is 17.2 Å². The van der Waals surface area contributed by atoms with Crippen molar-refractivity contribution in [3.05, 3.63) is 30.5 Å². The summed E-state index contributed by atoms with van der Waals surface area (Å²) in [7, 11) is 4.72. The van der Waals surface area contributed by atoms with Gasteiger partial charge in [0.15, 0.2) is 11.5 Å². The lowest BCUT2D eigenvalue weighted by Gasteiger charge is -2.15. The fourth-order valence-corrected chi connectivity index (χ4v) is 1.80. The third-order valence-corrected chi connectivity index (χ3v) is 2.74. The van der Waals surface area contributed by atoms with E-state index in [9.17, 15) is 0 Å². The van der Waals surface area contributed by atoms with Crippen LogP contribution in [0.25, 0.3) is 0 Å². The zero-order valence-corrected chi connectivity index (χ0v) is 11.6. The van der Waals surface area contributed by atoms with Crippen LogP contribution in [0.15, 0.2) is 30.5 Å². The highest BCUT2D eigenvalue weighted by molar-refractivity contribution is 5.67. The average molecular weight is 275 g/mol. The standard InChI is InChI=1S/C14H17N3O3/c1-18-11-6-10(7-12(19-2)14(11)20-3)17-9-4-5-13(15)16-8-9/h4-8,17H,1-3H3,(H2,15,16). The van der Waals surface area contributed by atoms with E-state index in [0.717, 1.165) is 11.4 Å². The van der Waals surface area contributed by atoms with E-state index in [1.54, 1.807) is 33.6 Å². The second-order valence-corrected chi connectivity index (χ2v) is 4.01. The van der Waals surface area contributed by atoms with E-state index in [1.807, 2.05) is 18.2 Å². The molecule has 0 bridgehead atoms. The van der Waals surface area contributed by atoms with Crippen molar-refractivity contribution in [2.45, 2.75) is 0 Å². The molecule has 1 heterocycles. The number of nitrogens with two attached hydrogens (primary N) is 1. The molecular formula is C14H17N3O3. The summed E-state index contributed by atoms with van der Waals surface area (Å²) in [4.78, 5) is 4.02. The van der Waals surface area contributed by atoms with Crippen molar-refractivity contribution in [3.63, 3.8) is 0 Å². The Morgan fingerprint density at radius 3 is 2.05 bits per heavy atom. The summed E-state index contributed by atoms with van der Waals surface area (Å²) in [5.41, 5.74) is 7.16. The number of nitrogen functional groups attached to an aromatic ring is 1. The maximum Gasteiger partial charge on any atom is 0.203 e. The Kier molecular flexibility index (Phi) is 4.14. The number of benzene rings is 1. The molecule has 0 aliphatic carbocycles.